The largest absolute Gasteiger partial charge is 0.493 e. The Hall–Kier alpha value is -1.53. The molecule has 0 aliphatic carbocycles. The molecule has 2 N–H and O–H groups in total. The van der Waals surface area contributed by atoms with Gasteiger partial charge in [-0.1, -0.05) is 19.9 Å². The maximum absolute atomic E-state index is 8.71. The van der Waals surface area contributed by atoms with E-state index in [1.807, 2.05) is 26.0 Å². The molecule has 1 rings (SSSR count). The summed E-state index contributed by atoms with van der Waals surface area (Å²) >= 11 is 0. The first-order valence-corrected chi connectivity index (χ1v) is 4.90. The Labute approximate surface area is 90.5 Å². The summed E-state index contributed by atoms with van der Waals surface area (Å²) in [6.45, 7) is 5.21. The predicted molar refractivity (Wildman–Crippen MR) is 59.5 cm³/mol. The van der Waals surface area contributed by atoms with Crippen molar-refractivity contribution >= 4 is 0 Å². The zero-order valence-electron chi connectivity index (χ0n) is 9.16. The maximum atomic E-state index is 8.71. The van der Waals surface area contributed by atoms with Crippen molar-refractivity contribution in [2.45, 2.75) is 13.8 Å². The van der Waals surface area contributed by atoms with Gasteiger partial charge >= 0.3 is 0 Å². The molecule has 0 bridgehead atoms. The Balaban J connectivity index is 2.62. The molecule has 3 heteroatoms. The van der Waals surface area contributed by atoms with Crippen LogP contribution in [0.2, 0.25) is 0 Å². The molecule has 15 heavy (non-hydrogen) atoms. The first-order valence-electron chi connectivity index (χ1n) is 4.90. The lowest BCUT2D eigenvalue weighted by Gasteiger charge is -2.22. The van der Waals surface area contributed by atoms with Gasteiger partial charge in [-0.15, -0.1) is 0 Å². The van der Waals surface area contributed by atoms with Crippen LogP contribution < -0.4 is 10.5 Å². The van der Waals surface area contributed by atoms with Gasteiger partial charge in [0.15, 0.2) is 0 Å². The van der Waals surface area contributed by atoms with Crippen molar-refractivity contribution in [2.75, 3.05) is 13.2 Å². The highest BCUT2D eigenvalue weighted by atomic mass is 16.5. The second-order valence-corrected chi connectivity index (χ2v) is 4.30. The average molecular weight is 204 g/mol. The van der Waals surface area contributed by atoms with E-state index in [0.717, 1.165) is 5.75 Å². The third kappa shape index (κ3) is 3.61. The van der Waals surface area contributed by atoms with Crippen molar-refractivity contribution in [2.24, 2.45) is 11.1 Å². The summed E-state index contributed by atoms with van der Waals surface area (Å²) in [6.07, 6.45) is 0. The van der Waals surface area contributed by atoms with E-state index in [1.54, 1.807) is 12.1 Å². The van der Waals surface area contributed by atoms with Crippen LogP contribution in [0.25, 0.3) is 0 Å². The van der Waals surface area contributed by atoms with Crippen LogP contribution in [0.1, 0.15) is 19.4 Å². The number of ether oxygens (including phenoxy) is 1. The third-order valence-electron chi connectivity index (χ3n) is 2.15. The molecule has 1 aromatic rings. The van der Waals surface area contributed by atoms with Crippen LogP contribution in [0.5, 0.6) is 5.75 Å². The summed E-state index contributed by atoms with van der Waals surface area (Å²) in [5, 5.41) is 8.71. The second kappa shape index (κ2) is 4.81. The van der Waals surface area contributed by atoms with Gasteiger partial charge in [-0.2, -0.15) is 5.26 Å². The SMILES string of the molecule is CC(C)(CN)COc1cccc(C#N)c1. The van der Waals surface area contributed by atoms with Crippen molar-refractivity contribution in [1.29, 1.82) is 5.26 Å². The monoisotopic (exact) mass is 204 g/mol. The van der Waals surface area contributed by atoms with E-state index in [-0.39, 0.29) is 5.41 Å². The van der Waals surface area contributed by atoms with E-state index in [1.165, 1.54) is 0 Å². The van der Waals surface area contributed by atoms with E-state index < -0.39 is 0 Å². The lowest BCUT2D eigenvalue weighted by atomic mass is 9.95. The fourth-order valence-corrected chi connectivity index (χ4v) is 0.993. The van der Waals surface area contributed by atoms with E-state index in [4.69, 9.17) is 15.7 Å². The highest BCUT2D eigenvalue weighted by Gasteiger charge is 2.16. The van der Waals surface area contributed by atoms with Crippen LogP contribution in [0.4, 0.5) is 0 Å². The molecule has 1 aromatic carbocycles. The zero-order chi connectivity index (χ0) is 11.3. The first-order chi connectivity index (χ1) is 7.07. The summed E-state index contributed by atoms with van der Waals surface area (Å²) in [6, 6.07) is 9.20. The van der Waals surface area contributed by atoms with Crippen molar-refractivity contribution < 1.29 is 4.74 Å². The van der Waals surface area contributed by atoms with Gasteiger partial charge in [0.25, 0.3) is 0 Å². The Morgan fingerprint density at radius 1 is 1.47 bits per heavy atom. The topological polar surface area (TPSA) is 59.0 Å². The number of nitriles is 1. The molecule has 0 atom stereocenters. The number of rotatable bonds is 4. The number of benzene rings is 1. The Bertz CT molecular complexity index is 366. The predicted octanol–water partition coefficient (Wildman–Crippen LogP) is 1.92. The molecule has 0 amide bonds. The minimum atomic E-state index is -0.0390. The van der Waals surface area contributed by atoms with Crippen molar-refractivity contribution in [3.63, 3.8) is 0 Å². The normalized spacial score (nSPS) is 10.8. The van der Waals surface area contributed by atoms with E-state index in [0.29, 0.717) is 18.7 Å². The van der Waals surface area contributed by atoms with Crippen LogP contribution in [0.15, 0.2) is 24.3 Å². The molecular formula is C12H16N2O. The van der Waals surface area contributed by atoms with Gasteiger partial charge in [0, 0.05) is 12.0 Å². The van der Waals surface area contributed by atoms with Gasteiger partial charge in [-0.25, -0.2) is 0 Å². The van der Waals surface area contributed by atoms with Crippen LogP contribution in [0.3, 0.4) is 0 Å². The van der Waals surface area contributed by atoms with Crippen LogP contribution in [0, 0.1) is 16.7 Å². The molecule has 0 aliphatic rings. The average Bonchev–Trinajstić information content (AvgIpc) is 2.27. The number of nitrogens with two attached hydrogens (primary N) is 1. The van der Waals surface area contributed by atoms with Gasteiger partial charge in [-0.3, -0.25) is 0 Å². The fraction of sp³-hybridized carbons (Fsp3) is 0.417. The second-order valence-electron chi connectivity index (χ2n) is 4.30. The molecule has 0 radical (unpaired) electrons. The molecule has 0 aromatic heterocycles. The Morgan fingerprint density at radius 3 is 2.80 bits per heavy atom. The van der Waals surface area contributed by atoms with E-state index in [2.05, 4.69) is 6.07 Å². The van der Waals surface area contributed by atoms with Gasteiger partial charge in [0.1, 0.15) is 5.75 Å². The first kappa shape index (κ1) is 11.5. The van der Waals surface area contributed by atoms with Crippen molar-refractivity contribution in [3.8, 4) is 11.8 Å². The summed E-state index contributed by atoms with van der Waals surface area (Å²) in [7, 11) is 0. The van der Waals surface area contributed by atoms with Gasteiger partial charge in [0.2, 0.25) is 0 Å². The van der Waals surface area contributed by atoms with Gasteiger partial charge in [0.05, 0.1) is 18.2 Å². The van der Waals surface area contributed by atoms with E-state index in [9.17, 15) is 0 Å². The lowest BCUT2D eigenvalue weighted by molar-refractivity contribution is 0.187. The van der Waals surface area contributed by atoms with E-state index >= 15 is 0 Å². The molecule has 0 fully saturated rings. The minimum Gasteiger partial charge on any atom is -0.493 e. The molecule has 3 nitrogen and oxygen atoms in total. The molecule has 0 unspecified atom stereocenters. The zero-order valence-corrected chi connectivity index (χ0v) is 9.16. The standard InChI is InChI=1S/C12H16N2O/c1-12(2,8-14)9-15-11-5-3-4-10(6-11)7-13/h3-6H,8-9,14H2,1-2H3. The maximum Gasteiger partial charge on any atom is 0.120 e. The summed E-state index contributed by atoms with van der Waals surface area (Å²) in [5.74, 6) is 0.718. The minimum absolute atomic E-state index is 0.0390. The molecule has 0 spiro atoms. The highest BCUT2D eigenvalue weighted by molar-refractivity contribution is 5.36. The summed E-state index contributed by atoms with van der Waals surface area (Å²) in [4.78, 5) is 0. The smallest absolute Gasteiger partial charge is 0.120 e. The summed E-state index contributed by atoms with van der Waals surface area (Å²) < 4.78 is 5.57. The summed E-state index contributed by atoms with van der Waals surface area (Å²) in [5.41, 5.74) is 6.16. The number of nitrogens with zero attached hydrogens (tertiary/aromatic N) is 1. The Kier molecular flexibility index (Phi) is 3.70. The fourth-order valence-electron chi connectivity index (χ4n) is 0.993. The molecule has 0 saturated carbocycles. The molecule has 0 aliphatic heterocycles. The molecule has 0 heterocycles. The molecule has 0 saturated heterocycles. The lowest BCUT2D eigenvalue weighted by Crippen LogP contribution is -2.30. The van der Waals surface area contributed by atoms with Crippen molar-refractivity contribution in [1.82, 2.24) is 0 Å². The van der Waals surface area contributed by atoms with Crippen molar-refractivity contribution in [3.05, 3.63) is 29.8 Å². The molecular weight excluding hydrogens is 188 g/mol. The number of hydrogen-bond acceptors (Lipinski definition) is 3. The van der Waals surface area contributed by atoms with Gasteiger partial charge in [-0.05, 0) is 18.2 Å². The van der Waals surface area contributed by atoms with Gasteiger partial charge < -0.3 is 10.5 Å². The van der Waals surface area contributed by atoms with Crippen LogP contribution in [-0.4, -0.2) is 13.2 Å². The highest BCUT2D eigenvalue weighted by Crippen LogP contribution is 2.18. The van der Waals surface area contributed by atoms with Crippen LogP contribution in [-0.2, 0) is 0 Å². The number of hydrogen-bond donors (Lipinski definition) is 1. The molecule has 80 valence electrons. The Morgan fingerprint density at radius 2 is 2.20 bits per heavy atom. The van der Waals surface area contributed by atoms with Crippen LogP contribution >= 0.6 is 0 Å². The third-order valence-corrected chi connectivity index (χ3v) is 2.15. The quantitative estimate of drug-likeness (QED) is 0.815.